The van der Waals surface area contributed by atoms with Crippen LogP contribution in [0.4, 0.5) is 0 Å². The van der Waals surface area contributed by atoms with E-state index in [9.17, 15) is 4.79 Å². The van der Waals surface area contributed by atoms with E-state index in [0.29, 0.717) is 12.5 Å². The molecule has 1 heterocycles. The van der Waals surface area contributed by atoms with Crippen LogP contribution in [0.25, 0.3) is 0 Å². The van der Waals surface area contributed by atoms with E-state index >= 15 is 0 Å². The van der Waals surface area contributed by atoms with E-state index in [1.54, 1.807) is 0 Å². The summed E-state index contributed by atoms with van der Waals surface area (Å²) < 4.78 is 0. The molecule has 1 saturated heterocycles. The molecule has 0 aromatic rings. The maximum atomic E-state index is 10.8. The van der Waals surface area contributed by atoms with Crippen LogP contribution >= 0.6 is 0 Å². The van der Waals surface area contributed by atoms with E-state index < -0.39 is 0 Å². The van der Waals surface area contributed by atoms with Gasteiger partial charge in [0.05, 0.1) is 0 Å². The molecule has 0 spiro atoms. The fraction of sp³-hybridized carbons (Fsp3) is 0.889. The number of hydrogen-bond acceptors (Lipinski definition) is 3. The molecule has 0 radical (unpaired) electrons. The number of carbonyl (C=O) groups excluding carboxylic acids is 1. The molecule has 1 unspecified atom stereocenters. The SMILES string of the molecule is NC(=O)CC1CNCCN1C1CC1. The zero-order valence-electron chi connectivity index (χ0n) is 7.83. The molecule has 0 bridgehead atoms. The first kappa shape index (κ1) is 8.97. The third-order valence-electron chi connectivity index (χ3n) is 2.85. The Bertz CT molecular complexity index is 203. The highest BCUT2D eigenvalue weighted by molar-refractivity contribution is 5.74. The Balaban J connectivity index is 1.91. The molecule has 13 heavy (non-hydrogen) atoms. The quantitative estimate of drug-likeness (QED) is 0.608. The van der Waals surface area contributed by atoms with Gasteiger partial charge in [0.1, 0.15) is 0 Å². The molecule has 4 nitrogen and oxygen atoms in total. The topological polar surface area (TPSA) is 58.4 Å². The minimum absolute atomic E-state index is 0.181. The monoisotopic (exact) mass is 183 g/mol. The van der Waals surface area contributed by atoms with Crippen LogP contribution in [0.3, 0.4) is 0 Å². The van der Waals surface area contributed by atoms with Crippen molar-refractivity contribution in [2.45, 2.75) is 31.3 Å². The van der Waals surface area contributed by atoms with Crippen LogP contribution in [0.15, 0.2) is 0 Å². The average molecular weight is 183 g/mol. The third kappa shape index (κ3) is 2.19. The molecule has 2 fully saturated rings. The number of nitrogens with one attached hydrogen (secondary N) is 1. The number of hydrogen-bond donors (Lipinski definition) is 2. The number of carbonyl (C=O) groups is 1. The lowest BCUT2D eigenvalue weighted by Gasteiger charge is -2.35. The highest BCUT2D eigenvalue weighted by Gasteiger charge is 2.35. The summed E-state index contributed by atoms with van der Waals surface area (Å²) in [6, 6.07) is 1.09. The molecule has 4 heteroatoms. The minimum atomic E-state index is -0.181. The van der Waals surface area contributed by atoms with Crippen LogP contribution < -0.4 is 11.1 Å². The van der Waals surface area contributed by atoms with Gasteiger partial charge in [-0.3, -0.25) is 9.69 Å². The number of piperazine rings is 1. The smallest absolute Gasteiger partial charge is 0.219 e. The van der Waals surface area contributed by atoms with Crippen LogP contribution in [0.5, 0.6) is 0 Å². The molecule has 3 N–H and O–H groups in total. The van der Waals surface area contributed by atoms with Gasteiger partial charge in [-0.15, -0.1) is 0 Å². The fourth-order valence-corrected chi connectivity index (χ4v) is 2.09. The van der Waals surface area contributed by atoms with Crippen molar-refractivity contribution < 1.29 is 4.79 Å². The van der Waals surface area contributed by atoms with Gasteiger partial charge in [-0.05, 0) is 12.8 Å². The second kappa shape index (κ2) is 3.64. The number of nitrogens with zero attached hydrogens (tertiary/aromatic N) is 1. The Kier molecular flexibility index (Phi) is 2.51. The lowest BCUT2D eigenvalue weighted by molar-refractivity contribution is -0.119. The summed E-state index contributed by atoms with van der Waals surface area (Å²) in [4.78, 5) is 13.3. The van der Waals surface area contributed by atoms with E-state index in [2.05, 4.69) is 10.2 Å². The van der Waals surface area contributed by atoms with Crippen LogP contribution in [0.2, 0.25) is 0 Å². The summed E-state index contributed by atoms with van der Waals surface area (Å²) in [6.07, 6.45) is 3.11. The van der Waals surface area contributed by atoms with Crippen molar-refractivity contribution in [1.82, 2.24) is 10.2 Å². The van der Waals surface area contributed by atoms with Gasteiger partial charge in [-0.2, -0.15) is 0 Å². The van der Waals surface area contributed by atoms with Gasteiger partial charge < -0.3 is 11.1 Å². The second-order valence-electron chi connectivity index (χ2n) is 4.00. The number of rotatable bonds is 3. The average Bonchev–Trinajstić information content (AvgIpc) is 2.87. The molecule has 1 atom stereocenters. The summed E-state index contributed by atoms with van der Waals surface area (Å²) >= 11 is 0. The zero-order chi connectivity index (χ0) is 9.26. The van der Waals surface area contributed by atoms with E-state index in [1.165, 1.54) is 12.8 Å². The first-order valence-corrected chi connectivity index (χ1v) is 5.02. The summed E-state index contributed by atoms with van der Waals surface area (Å²) in [5.74, 6) is -0.181. The molecule has 1 aliphatic heterocycles. The predicted molar refractivity (Wildman–Crippen MR) is 50.2 cm³/mol. The number of primary amides is 1. The highest BCUT2D eigenvalue weighted by atomic mass is 16.1. The molecule has 1 aliphatic carbocycles. The summed E-state index contributed by atoms with van der Waals surface area (Å²) in [6.45, 7) is 3.04. The van der Waals surface area contributed by atoms with Crippen LogP contribution in [0, 0.1) is 0 Å². The molecule has 1 amide bonds. The van der Waals surface area contributed by atoms with Gasteiger partial charge in [-0.1, -0.05) is 0 Å². The Morgan fingerprint density at radius 1 is 1.54 bits per heavy atom. The maximum absolute atomic E-state index is 10.8. The molecule has 2 aliphatic rings. The summed E-state index contributed by atoms with van der Waals surface area (Å²) in [7, 11) is 0. The first-order valence-electron chi connectivity index (χ1n) is 5.02. The highest BCUT2D eigenvalue weighted by Crippen LogP contribution is 2.29. The number of amides is 1. The van der Waals surface area contributed by atoms with E-state index in [-0.39, 0.29) is 5.91 Å². The van der Waals surface area contributed by atoms with Crippen LogP contribution in [-0.4, -0.2) is 42.5 Å². The van der Waals surface area contributed by atoms with Crippen molar-refractivity contribution in [3.63, 3.8) is 0 Å². The Morgan fingerprint density at radius 3 is 2.92 bits per heavy atom. The predicted octanol–water partition coefficient (Wildman–Crippen LogP) is -0.702. The van der Waals surface area contributed by atoms with Crippen molar-refractivity contribution in [1.29, 1.82) is 0 Å². The van der Waals surface area contributed by atoms with E-state index in [1.807, 2.05) is 0 Å². The van der Waals surface area contributed by atoms with E-state index in [0.717, 1.165) is 25.7 Å². The second-order valence-corrected chi connectivity index (χ2v) is 4.00. The maximum Gasteiger partial charge on any atom is 0.219 e. The minimum Gasteiger partial charge on any atom is -0.370 e. The van der Waals surface area contributed by atoms with Crippen molar-refractivity contribution >= 4 is 5.91 Å². The van der Waals surface area contributed by atoms with Gasteiger partial charge in [0.15, 0.2) is 0 Å². The lowest BCUT2D eigenvalue weighted by Crippen LogP contribution is -2.53. The van der Waals surface area contributed by atoms with Gasteiger partial charge in [0.2, 0.25) is 5.91 Å². The molecule has 74 valence electrons. The Hall–Kier alpha value is -0.610. The third-order valence-corrected chi connectivity index (χ3v) is 2.85. The molecular formula is C9H17N3O. The number of nitrogens with two attached hydrogens (primary N) is 1. The summed E-state index contributed by atoms with van der Waals surface area (Å²) in [5.41, 5.74) is 5.21. The fourth-order valence-electron chi connectivity index (χ4n) is 2.09. The van der Waals surface area contributed by atoms with Gasteiger partial charge in [0, 0.05) is 38.1 Å². The molecule has 0 aromatic carbocycles. The van der Waals surface area contributed by atoms with Crippen molar-refractivity contribution in [2.75, 3.05) is 19.6 Å². The molecule has 2 rings (SSSR count). The normalized spacial score (nSPS) is 30.3. The molecule has 1 saturated carbocycles. The molecular weight excluding hydrogens is 166 g/mol. The Labute approximate surface area is 78.5 Å². The van der Waals surface area contributed by atoms with Gasteiger partial charge >= 0.3 is 0 Å². The first-order chi connectivity index (χ1) is 6.27. The van der Waals surface area contributed by atoms with Crippen molar-refractivity contribution in [2.24, 2.45) is 5.73 Å². The van der Waals surface area contributed by atoms with Crippen molar-refractivity contribution in [3.05, 3.63) is 0 Å². The van der Waals surface area contributed by atoms with Crippen LogP contribution in [-0.2, 0) is 4.79 Å². The molecule has 0 aromatic heterocycles. The standard InChI is InChI=1S/C9H17N3O/c10-9(13)5-8-6-11-3-4-12(8)7-1-2-7/h7-8,11H,1-6H2,(H2,10,13). The zero-order valence-corrected chi connectivity index (χ0v) is 7.83. The summed E-state index contributed by atoms with van der Waals surface area (Å²) in [5, 5.41) is 3.30. The lowest BCUT2D eigenvalue weighted by atomic mass is 10.1. The Morgan fingerprint density at radius 2 is 2.31 bits per heavy atom. The van der Waals surface area contributed by atoms with Gasteiger partial charge in [-0.25, -0.2) is 0 Å². The van der Waals surface area contributed by atoms with Crippen molar-refractivity contribution in [3.8, 4) is 0 Å². The van der Waals surface area contributed by atoms with Gasteiger partial charge in [0.25, 0.3) is 0 Å². The largest absolute Gasteiger partial charge is 0.370 e. The van der Waals surface area contributed by atoms with Crippen LogP contribution in [0.1, 0.15) is 19.3 Å². The van der Waals surface area contributed by atoms with E-state index in [4.69, 9.17) is 5.73 Å².